The van der Waals surface area contributed by atoms with Crippen LogP contribution < -0.4 is 5.32 Å². The number of nitrogens with zero attached hydrogens (tertiary/aromatic N) is 2. The lowest BCUT2D eigenvalue weighted by molar-refractivity contribution is 0.118. The fourth-order valence-electron chi connectivity index (χ4n) is 3.38. The highest BCUT2D eigenvalue weighted by atomic mass is 15.2. The zero-order valence-corrected chi connectivity index (χ0v) is 13.1. The molecule has 3 heteroatoms. The quantitative estimate of drug-likeness (QED) is 0.934. The van der Waals surface area contributed by atoms with Gasteiger partial charge in [-0.05, 0) is 36.6 Å². The topological polar surface area (TPSA) is 28.2 Å². The maximum atomic E-state index is 4.40. The molecule has 112 valence electrons. The van der Waals surface area contributed by atoms with Gasteiger partial charge in [0, 0.05) is 43.3 Å². The van der Waals surface area contributed by atoms with Crippen molar-refractivity contribution in [3.05, 3.63) is 42.1 Å². The largest absolute Gasteiger partial charge is 0.309 e. The van der Waals surface area contributed by atoms with E-state index >= 15 is 0 Å². The molecule has 3 nitrogen and oxygen atoms in total. The summed E-state index contributed by atoms with van der Waals surface area (Å²) < 4.78 is 0. The van der Waals surface area contributed by atoms with E-state index < -0.39 is 0 Å². The smallest absolute Gasteiger partial charge is 0.0702 e. The van der Waals surface area contributed by atoms with Crippen molar-refractivity contribution in [2.45, 2.75) is 38.8 Å². The number of pyridine rings is 1. The monoisotopic (exact) mass is 283 g/mol. The third kappa shape index (κ3) is 3.09. The molecule has 1 aromatic carbocycles. The van der Waals surface area contributed by atoms with Crippen LogP contribution in [0.25, 0.3) is 10.9 Å². The normalized spacial score (nSPS) is 19.0. The van der Waals surface area contributed by atoms with Crippen LogP contribution in [0.2, 0.25) is 0 Å². The van der Waals surface area contributed by atoms with Gasteiger partial charge in [0.05, 0.1) is 5.52 Å². The second-order valence-electron chi connectivity index (χ2n) is 6.16. The van der Waals surface area contributed by atoms with E-state index in [1.807, 2.05) is 12.3 Å². The molecule has 1 N–H and O–H groups in total. The van der Waals surface area contributed by atoms with Gasteiger partial charge in [0.15, 0.2) is 0 Å². The second kappa shape index (κ2) is 6.12. The Hall–Kier alpha value is -1.45. The molecule has 1 aliphatic heterocycles. The van der Waals surface area contributed by atoms with Crippen LogP contribution in [0.4, 0.5) is 0 Å². The fourth-order valence-corrected chi connectivity index (χ4v) is 3.38. The van der Waals surface area contributed by atoms with Crippen molar-refractivity contribution >= 4 is 10.9 Å². The van der Waals surface area contributed by atoms with Crippen molar-refractivity contribution in [1.29, 1.82) is 0 Å². The van der Waals surface area contributed by atoms with Crippen molar-refractivity contribution < 1.29 is 0 Å². The minimum atomic E-state index is 0.302. The predicted molar refractivity (Wildman–Crippen MR) is 88.3 cm³/mol. The Kier molecular flexibility index (Phi) is 4.22. The molecule has 1 aromatic heterocycles. The summed E-state index contributed by atoms with van der Waals surface area (Å²) in [6.07, 6.45) is 4.25. The summed E-state index contributed by atoms with van der Waals surface area (Å²) in [6.45, 7) is 8.99. The van der Waals surface area contributed by atoms with Gasteiger partial charge in [0.2, 0.25) is 0 Å². The third-order valence-corrected chi connectivity index (χ3v) is 4.88. The molecule has 0 unspecified atom stereocenters. The predicted octanol–water partition coefficient (Wildman–Crippen LogP) is 3.20. The highest BCUT2D eigenvalue weighted by Crippen LogP contribution is 2.22. The molecule has 0 radical (unpaired) electrons. The van der Waals surface area contributed by atoms with Gasteiger partial charge in [0.25, 0.3) is 0 Å². The average Bonchev–Trinajstić information content (AvgIpc) is 2.55. The summed E-state index contributed by atoms with van der Waals surface area (Å²) in [5.41, 5.74) is 2.77. The van der Waals surface area contributed by atoms with Gasteiger partial charge >= 0.3 is 0 Å². The first-order valence-electron chi connectivity index (χ1n) is 8.06. The van der Waals surface area contributed by atoms with Crippen LogP contribution >= 0.6 is 0 Å². The van der Waals surface area contributed by atoms with Crippen LogP contribution in [0.3, 0.4) is 0 Å². The molecule has 21 heavy (non-hydrogen) atoms. The first kappa shape index (κ1) is 14.5. The molecular formula is C18H25N3. The molecule has 0 aliphatic carbocycles. The number of hydrogen-bond acceptors (Lipinski definition) is 3. The molecule has 2 heterocycles. The van der Waals surface area contributed by atoms with Gasteiger partial charge in [-0.25, -0.2) is 0 Å². The van der Waals surface area contributed by atoms with Crippen molar-refractivity contribution in [3.8, 4) is 0 Å². The first-order chi connectivity index (χ1) is 10.2. The number of nitrogens with one attached hydrogen (secondary N) is 1. The Morgan fingerprint density at radius 3 is 2.90 bits per heavy atom. The summed E-state index contributed by atoms with van der Waals surface area (Å²) in [6, 6.07) is 10.8. The number of piperazine rings is 1. The molecule has 3 rings (SSSR count). The van der Waals surface area contributed by atoms with E-state index in [1.54, 1.807) is 0 Å². The minimum Gasteiger partial charge on any atom is -0.309 e. The van der Waals surface area contributed by atoms with Crippen LogP contribution in [0.5, 0.6) is 0 Å². The molecule has 0 saturated carbocycles. The van der Waals surface area contributed by atoms with E-state index in [4.69, 9.17) is 0 Å². The molecule has 0 amide bonds. The lowest BCUT2D eigenvalue weighted by Crippen LogP contribution is -2.59. The number of hydrogen-bond donors (Lipinski definition) is 1. The Balaban J connectivity index is 1.75. The third-order valence-electron chi connectivity index (χ3n) is 4.88. The number of rotatable bonds is 4. The Morgan fingerprint density at radius 1 is 1.24 bits per heavy atom. The molecule has 2 aromatic rings. The summed E-state index contributed by atoms with van der Waals surface area (Å²) >= 11 is 0. The summed E-state index contributed by atoms with van der Waals surface area (Å²) in [4.78, 5) is 6.98. The van der Waals surface area contributed by atoms with Crippen LogP contribution in [-0.4, -0.2) is 35.1 Å². The van der Waals surface area contributed by atoms with Crippen molar-refractivity contribution in [2.75, 3.05) is 19.6 Å². The van der Waals surface area contributed by atoms with Crippen molar-refractivity contribution in [1.82, 2.24) is 15.2 Å². The number of aromatic nitrogens is 1. The van der Waals surface area contributed by atoms with E-state index in [-0.39, 0.29) is 0 Å². The van der Waals surface area contributed by atoms with Crippen molar-refractivity contribution in [3.63, 3.8) is 0 Å². The summed E-state index contributed by atoms with van der Waals surface area (Å²) in [5, 5.41) is 4.96. The van der Waals surface area contributed by atoms with Gasteiger partial charge in [-0.2, -0.15) is 0 Å². The van der Waals surface area contributed by atoms with Crippen LogP contribution in [0.15, 0.2) is 36.5 Å². The zero-order chi connectivity index (χ0) is 14.7. The summed E-state index contributed by atoms with van der Waals surface area (Å²) in [7, 11) is 0. The molecule has 0 spiro atoms. The van der Waals surface area contributed by atoms with E-state index in [2.05, 4.69) is 53.3 Å². The van der Waals surface area contributed by atoms with Crippen LogP contribution in [0, 0.1) is 0 Å². The number of benzene rings is 1. The van der Waals surface area contributed by atoms with Crippen LogP contribution in [-0.2, 0) is 6.54 Å². The van der Waals surface area contributed by atoms with Crippen molar-refractivity contribution in [2.24, 2.45) is 0 Å². The van der Waals surface area contributed by atoms with E-state index in [1.165, 1.54) is 23.8 Å². The lowest BCUT2D eigenvalue weighted by atomic mass is 9.90. The minimum absolute atomic E-state index is 0.302. The highest BCUT2D eigenvalue weighted by molar-refractivity contribution is 5.78. The standard InChI is InChI=1S/C18H25N3/c1-3-18(4-2)14-21(11-10-20-18)13-15-7-8-17-16(12-15)6-5-9-19-17/h5-9,12,20H,3-4,10-11,13-14H2,1-2H3. The zero-order valence-electron chi connectivity index (χ0n) is 13.1. The first-order valence-corrected chi connectivity index (χ1v) is 8.06. The van der Waals surface area contributed by atoms with E-state index in [9.17, 15) is 0 Å². The summed E-state index contributed by atoms with van der Waals surface area (Å²) in [5.74, 6) is 0. The van der Waals surface area contributed by atoms with Gasteiger partial charge in [0.1, 0.15) is 0 Å². The highest BCUT2D eigenvalue weighted by Gasteiger charge is 2.31. The SMILES string of the molecule is CCC1(CC)CN(Cc2ccc3ncccc3c2)CCN1. The molecule has 0 bridgehead atoms. The Labute approximate surface area is 127 Å². The van der Waals surface area contributed by atoms with Gasteiger partial charge in [-0.15, -0.1) is 0 Å². The lowest BCUT2D eigenvalue weighted by Gasteiger charge is -2.43. The molecule has 0 atom stereocenters. The van der Waals surface area contributed by atoms with Gasteiger partial charge < -0.3 is 5.32 Å². The Bertz CT molecular complexity index is 604. The second-order valence-corrected chi connectivity index (χ2v) is 6.16. The van der Waals surface area contributed by atoms with E-state index in [0.717, 1.165) is 31.7 Å². The maximum absolute atomic E-state index is 4.40. The van der Waals surface area contributed by atoms with Gasteiger partial charge in [-0.3, -0.25) is 9.88 Å². The number of fused-ring (bicyclic) bond motifs is 1. The van der Waals surface area contributed by atoms with Crippen LogP contribution in [0.1, 0.15) is 32.3 Å². The molecule has 1 aliphatic rings. The molecular weight excluding hydrogens is 258 g/mol. The van der Waals surface area contributed by atoms with Gasteiger partial charge in [-0.1, -0.05) is 26.0 Å². The van der Waals surface area contributed by atoms with E-state index in [0.29, 0.717) is 5.54 Å². The molecule has 1 fully saturated rings. The Morgan fingerprint density at radius 2 is 2.10 bits per heavy atom. The maximum Gasteiger partial charge on any atom is 0.0702 e. The average molecular weight is 283 g/mol. The molecule has 1 saturated heterocycles. The fraction of sp³-hybridized carbons (Fsp3) is 0.500.